The molecule has 4 aliphatic carbocycles. The topological polar surface area (TPSA) is 60.7 Å². The minimum atomic E-state index is -0.783. The molecule has 4 aliphatic rings. The zero-order chi connectivity index (χ0) is 21.0. The molecule has 5 nitrogen and oxygen atoms in total. The van der Waals surface area contributed by atoms with Crippen molar-refractivity contribution < 1.29 is 23.1 Å². The second-order valence-corrected chi connectivity index (χ2v) is 10.1. The lowest BCUT2D eigenvalue weighted by Gasteiger charge is -2.55. The zero-order valence-corrected chi connectivity index (χ0v) is 17.6. The van der Waals surface area contributed by atoms with Gasteiger partial charge in [-0.2, -0.15) is 4.99 Å². The van der Waals surface area contributed by atoms with E-state index in [9.17, 15) is 18.4 Å². The molecule has 0 aliphatic heterocycles. The van der Waals surface area contributed by atoms with Crippen LogP contribution >= 0.6 is 11.3 Å². The highest BCUT2D eigenvalue weighted by Gasteiger charge is 2.54. The fourth-order valence-electron chi connectivity index (χ4n) is 6.27. The highest BCUT2D eigenvalue weighted by atomic mass is 32.1. The first kappa shape index (κ1) is 19.8. The minimum absolute atomic E-state index is 0.0755. The van der Waals surface area contributed by atoms with Crippen molar-refractivity contribution in [2.45, 2.75) is 52.0 Å². The summed E-state index contributed by atoms with van der Waals surface area (Å²) in [5, 5.41) is 0. The van der Waals surface area contributed by atoms with E-state index >= 15 is 0 Å². The molecule has 4 saturated carbocycles. The van der Waals surface area contributed by atoms with Gasteiger partial charge in [-0.25, -0.2) is 8.78 Å². The highest BCUT2D eigenvalue weighted by Crippen LogP contribution is 2.60. The number of esters is 1. The number of ether oxygens (including phenoxy) is 1. The zero-order valence-electron chi connectivity index (χ0n) is 16.8. The number of carbonyl (C=O) groups is 2. The molecule has 160 valence electrons. The van der Waals surface area contributed by atoms with E-state index in [-0.39, 0.29) is 29.4 Å². The third-order valence-electron chi connectivity index (χ3n) is 6.98. The van der Waals surface area contributed by atoms with Crippen molar-refractivity contribution in [2.75, 3.05) is 6.61 Å². The molecule has 0 N–H and O–H groups in total. The van der Waals surface area contributed by atoms with Gasteiger partial charge in [0.2, 0.25) is 0 Å². The summed E-state index contributed by atoms with van der Waals surface area (Å²) in [5.74, 6) is -0.433. The van der Waals surface area contributed by atoms with Crippen molar-refractivity contribution in [1.82, 2.24) is 4.57 Å². The molecule has 1 amide bonds. The number of amides is 1. The summed E-state index contributed by atoms with van der Waals surface area (Å²) in [6.07, 6.45) is 6.24. The van der Waals surface area contributed by atoms with Crippen LogP contribution in [-0.2, 0) is 20.9 Å². The summed E-state index contributed by atoms with van der Waals surface area (Å²) < 4.78 is 35.0. The number of benzene rings is 1. The Balaban J connectivity index is 1.59. The summed E-state index contributed by atoms with van der Waals surface area (Å²) in [6.45, 7) is 1.60. The van der Waals surface area contributed by atoms with Crippen LogP contribution in [0.3, 0.4) is 0 Å². The van der Waals surface area contributed by atoms with Gasteiger partial charge in [0.05, 0.1) is 22.2 Å². The Morgan fingerprint density at radius 1 is 1.17 bits per heavy atom. The fraction of sp³-hybridized carbons (Fsp3) is 0.591. The quantitative estimate of drug-likeness (QED) is 0.678. The number of hydrogen-bond donors (Lipinski definition) is 0. The number of rotatable bonds is 4. The van der Waals surface area contributed by atoms with Crippen LogP contribution in [0.5, 0.6) is 0 Å². The van der Waals surface area contributed by atoms with Crippen LogP contribution in [0.4, 0.5) is 8.78 Å². The standard InChI is InChI=1S/C22H24F2N2O3S/c1-2-29-18(27)11-26-19-16(24)6-15(23)7-17(19)30-21(26)25-20(28)22-8-12-3-13(9-22)5-14(4-12)10-22/h6-7,12-14H,2-5,8-11H2,1H3. The molecule has 0 atom stereocenters. The van der Waals surface area contributed by atoms with Gasteiger partial charge in [0.25, 0.3) is 5.91 Å². The van der Waals surface area contributed by atoms with E-state index in [1.807, 2.05) is 0 Å². The maximum atomic E-state index is 14.6. The van der Waals surface area contributed by atoms with E-state index in [1.54, 1.807) is 6.92 Å². The third kappa shape index (κ3) is 3.29. The monoisotopic (exact) mass is 434 g/mol. The van der Waals surface area contributed by atoms with Gasteiger partial charge in [0.15, 0.2) is 10.6 Å². The van der Waals surface area contributed by atoms with Gasteiger partial charge in [-0.1, -0.05) is 11.3 Å². The van der Waals surface area contributed by atoms with E-state index in [4.69, 9.17) is 4.74 Å². The van der Waals surface area contributed by atoms with E-state index in [1.165, 1.54) is 29.9 Å². The Morgan fingerprint density at radius 2 is 1.80 bits per heavy atom. The molecule has 6 rings (SSSR count). The van der Waals surface area contributed by atoms with Gasteiger partial charge in [-0.3, -0.25) is 9.59 Å². The number of aromatic nitrogens is 1. The molecule has 4 fully saturated rings. The molecule has 4 bridgehead atoms. The SMILES string of the molecule is CCOC(=O)Cn1c(=NC(=O)C23CC4CC(CC(C4)C2)C3)sc2cc(F)cc(F)c21. The molecule has 0 unspecified atom stereocenters. The van der Waals surface area contributed by atoms with Gasteiger partial charge in [-0.15, -0.1) is 0 Å². The van der Waals surface area contributed by atoms with Crippen molar-refractivity contribution in [2.24, 2.45) is 28.2 Å². The summed E-state index contributed by atoms with van der Waals surface area (Å²) in [7, 11) is 0. The normalized spacial score (nSPS) is 30.2. The number of halogens is 2. The average Bonchev–Trinajstić information content (AvgIpc) is 2.97. The maximum absolute atomic E-state index is 14.6. The number of thiazole rings is 1. The Hall–Kier alpha value is -2.09. The summed E-state index contributed by atoms with van der Waals surface area (Å²) in [4.78, 5) is 30.2. The molecule has 8 heteroatoms. The second-order valence-electron chi connectivity index (χ2n) is 9.12. The molecule has 0 spiro atoms. The van der Waals surface area contributed by atoms with Crippen LogP contribution in [0.2, 0.25) is 0 Å². The predicted octanol–water partition coefficient (Wildman–Crippen LogP) is 4.19. The molecule has 1 heterocycles. The first-order valence-electron chi connectivity index (χ1n) is 10.6. The Morgan fingerprint density at radius 3 is 2.40 bits per heavy atom. The van der Waals surface area contributed by atoms with Gasteiger partial charge in [0.1, 0.15) is 12.4 Å². The van der Waals surface area contributed by atoms with Crippen molar-refractivity contribution in [3.63, 3.8) is 0 Å². The van der Waals surface area contributed by atoms with Crippen molar-refractivity contribution in [3.8, 4) is 0 Å². The summed E-state index contributed by atoms with van der Waals surface area (Å²) in [6, 6.07) is 1.99. The first-order chi connectivity index (χ1) is 14.4. The van der Waals surface area contributed by atoms with E-state index in [0.717, 1.165) is 36.7 Å². The maximum Gasteiger partial charge on any atom is 0.326 e. The molecule has 1 aromatic heterocycles. The van der Waals surface area contributed by atoms with Crippen LogP contribution in [-0.4, -0.2) is 23.1 Å². The third-order valence-corrected chi connectivity index (χ3v) is 8.00. The summed E-state index contributed by atoms with van der Waals surface area (Å²) >= 11 is 1.03. The van der Waals surface area contributed by atoms with Crippen LogP contribution in [0.1, 0.15) is 45.4 Å². The highest BCUT2D eigenvalue weighted by molar-refractivity contribution is 7.16. The average molecular weight is 435 g/mol. The van der Waals surface area contributed by atoms with E-state index in [2.05, 4.69) is 4.99 Å². The Bertz CT molecular complexity index is 1070. The van der Waals surface area contributed by atoms with Crippen LogP contribution in [0, 0.1) is 34.8 Å². The molecule has 0 saturated heterocycles. The van der Waals surface area contributed by atoms with Crippen molar-refractivity contribution in [1.29, 1.82) is 0 Å². The largest absolute Gasteiger partial charge is 0.465 e. The number of hydrogen-bond acceptors (Lipinski definition) is 4. The van der Waals surface area contributed by atoms with Crippen LogP contribution in [0.25, 0.3) is 10.2 Å². The van der Waals surface area contributed by atoms with Gasteiger partial charge in [-0.05, 0) is 69.3 Å². The molecule has 1 aromatic carbocycles. The minimum Gasteiger partial charge on any atom is -0.465 e. The fourth-order valence-corrected chi connectivity index (χ4v) is 7.34. The summed E-state index contributed by atoms with van der Waals surface area (Å²) in [5.41, 5.74) is -0.359. The van der Waals surface area contributed by atoms with E-state index < -0.39 is 23.0 Å². The first-order valence-corrected chi connectivity index (χ1v) is 11.4. The molecule has 0 radical (unpaired) electrons. The van der Waals surface area contributed by atoms with Crippen LogP contribution in [0.15, 0.2) is 17.1 Å². The second kappa shape index (κ2) is 7.25. The van der Waals surface area contributed by atoms with Crippen molar-refractivity contribution in [3.05, 3.63) is 28.6 Å². The van der Waals surface area contributed by atoms with Crippen molar-refractivity contribution >= 4 is 33.4 Å². The van der Waals surface area contributed by atoms with Gasteiger partial charge >= 0.3 is 5.97 Å². The van der Waals surface area contributed by atoms with Gasteiger partial charge in [0, 0.05) is 6.07 Å². The Kier molecular flexibility index (Phi) is 4.80. The lowest BCUT2D eigenvalue weighted by molar-refractivity contribution is -0.144. The number of carbonyl (C=O) groups excluding carboxylic acids is 2. The molecule has 2 aromatic rings. The molecule has 30 heavy (non-hydrogen) atoms. The van der Waals surface area contributed by atoms with Crippen LogP contribution < -0.4 is 4.80 Å². The van der Waals surface area contributed by atoms with Gasteiger partial charge < -0.3 is 9.30 Å². The van der Waals surface area contributed by atoms with E-state index in [0.29, 0.717) is 22.5 Å². The molecular weight excluding hydrogens is 410 g/mol. The number of fused-ring (bicyclic) bond motifs is 1. The predicted molar refractivity (Wildman–Crippen MR) is 108 cm³/mol. The molecular formula is C22H24F2N2O3S. The lowest BCUT2D eigenvalue weighted by Crippen LogP contribution is -2.50. The number of nitrogens with zero attached hydrogens (tertiary/aromatic N) is 2. The lowest BCUT2D eigenvalue weighted by atomic mass is 9.49. The Labute approximate surface area is 176 Å². The smallest absolute Gasteiger partial charge is 0.326 e.